The lowest BCUT2D eigenvalue weighted by Crippen LogP contribution is -2.31. The Morgan fingerprint density at radius 1 is 0.973 bits per heavy atom. The standard InChI is InChI=1S/C27H29F3N4O3/c1-36-23-10-8-19(16-24(23)37-2)26(35)32-21-9-11-25(31-17-21)34-13-5-12-33(14-15-34)18-20-6-3-4-7-22(20)27(28,29)30/h3-4,6-11,16-17H,5,12-15,18H2,1-2H3,(H,32,35). The van der Waals surface area contributed by atoms with Crippen molar-refractivity contribution in [3.8, 4) is 11.5 Å². The lowest BCUT2D eigenvalue weighted by Gasteiger charge is -2.24. The van der Waals surface area contributed by atoms with E-state index < -0.39 is 11.7 Å². The second-order valence-electron chi connectivity index (χ2n) is 8.70. The Labute approximate surface area is 213 Å². The van der Waals surface area contributed by atoms with E-state index in [1.54, 1.807) is 42.6 Å². The van der Waals surface area contributed by atoms with E-state index in [1.807, 2.05) is 11.0 Å². The third-order valence-electron chi connectivity index (χ3n) is 6.28. The highest BCUT2D eigenvalue weighted by Gasteiger charge is 2.33. The molecule has 3 aromatic rings. The van der Waals surface area contributed by atoms with Gasteiger partial charge in [0, 0.05) is 38.3 Å². The molecule has 1 aromatic heterocycles. The molecule has 2 aromatic carbocycles. The molecule has 37 heavy (non-hydrogen) atoms. The number of benzene rings is 2. The van der Waals surface area contributed by atoms with Crippen molar-refractivity contribution < 1.29 is 27.4 Å². The number of ether oxygens (including phenoxy) is 2. The van der Waals surface area contributed by atoms with E-state index in [0.717, 1.165) is 24.8 Å². The van der Waals surface area contributed by atoms with Gasteiger partial charge >= 0.3 is 6.18 Å². The summed E-state index contributed by atoms with van der Waals surface area (Å²) in [6, 6.07) is 14.3. The van der Waals surface area contributed by atoms with Crippen molar-refractivity contribution >= 4 is 17.4 Å². The lowest BCUT2D eigenvalue weighted by molar-refractivity contribution is -0.138. The SMILES string of the molecule is COc1ccc(C(=O)Nc2ccc(N3CCCN(Cc4ccccc4C(F)(F)F)CC3)nc2)cc1OC. The smallest absolute Gasteiger partial charge is 0.416 e. The zero-order chi connectivity index (χ0) is 26.4. The van der Waals surface area contributed by atoms with Crippen LogP contribution in [-0.4, -0.2) is 56.2 Å². The van der Waals surface area contributed by atoms with Gasteiger partial charge in [-0.15, -0.1) is 0 Å². The van der Waals surface area contributed by atoms with Gasteiger partial charge < -0.3 is 19.7 Å². The molecule has 1 aliphatic rings. The molecule has 4 rings (SSSR count). The van der Waals surface area contributed by atoms with Crippen molar-refractivity contribution in [2.24, 2.45) is 0 Å². The fourth-order valence-electron chi connectivity index (χ4n) is 4.36. The Morgan fingerprint density at radius 2 is 1.76 bits per heavy atom. The molecule has 7 nitrogen and oxygen atoms in total. The number of carbonyl (C=O) groups is 1. The van der Waals surface area contributed by atoms with Crippen molar-refractivity contribution in [3.63, 3.8) is 0 Å². The summed E-state index contributed by atoms with van der Waals surface area (Å²) in [4.78, 5) is 21.3. The number of amides is 1. The summed E-state index contributed by atoms with van der Waals surface area (Å²) in [6.07, 6.45) is -1.97. The van der Waals surface area contributed by atoms with Crippen LogP contribution in [0.4, 0.5) is 24.7 Å². The van der Waals surface area contributed by atoms with Gasteiger partial charge in [-0.05, 0) is 48.4 Å². The summed E-state index contributed by atoms with van der Waals surface area (Å²) in [5.74, 6) is 1.44. The first-order valence-electron chi connectivity index (χ1n) is 11.9. The van der Waals surface area contributed by atoms with Gasteiger partial charge in [0.15, 0.2) is 11.5 Å². The van der Waals surface area contributed by atoms with Crippen LogP contribution in [0.2, 0.25) is 0 Å². The molecular weight excluding hydrogens is 485 g/mol. The summed E-state index contributed by atoms with van der Waals surface area (Å²) in [7, 11) is 3.03. The average molecular weight is 515 g/mol. The van der Waals surface area contributed by atoms with E-state index in [9.17, 15) is 18.0 Å². The Morgan fingerprint density at radius 3 is 2.46 bits per heavy atom. The average Bonchev–Trinajstić information content (AvgIpc) is 3.14. The predicted molar refractivity (Wildman–Crippen MR) is 135 cm³/mol. The van der Waals surface area contributed by atoms with Gasteiger partial charge in [-0.3, -0.25) is 9.69 Å². The molecule has 0 radical (unpaired) electrons. The number of halogens is 3. The van der Waals surface area contributed by atoms with Gasteiger partial charge in [-0.1, -0.05) is 18.2 Å². The van der Waals surface area contributed by atoms with Crippen LogP contribution in [0, 0.1) is 0 Å². The maximum Gasteiger partial charge on any atom is 0.416 e. The Balaban J connectivity index is 1.36. The van der Waals surface area contributed by atoms with E-state index in [2.05, 4.69) is 15.2 Å². The van der Waals surface area contributed by atoms with Crippen LogP contribution < -0.4 is 19.7 Å². The highest BCUT2D eigenvalue weighted by atomic mass is 19.4. The fraction of sp³-hybridized carbons (Fsp3) is 0.333. The molecule has 1 N–H and O–H groups in total. The number of pyridine rings is 1. The number of nitrogens with zero attached hydrogens (tertiary/aromatic N) is 3. The number of nitrogens with one attached hydrogen (secondary N) is 1. The minimum Gasteiger partial charge on any atom is -0.493 e. The second kappa shape index (κ2) is 11.5. The number of carbonyl (C=O) groups excluding carboxylic acids is 1. The highest BCUT2D eigenvalue weighted by molar-refractivity contribution is 6.04. The van der Waals surface area contributed by atoms with Crippen LogP contribution in [0.1, 0.15) is 27.9 Å². The molecule has 10 heteroatoms. The van der Waals surface area contributed by atoms with Crippen molar-refractivity contribution in [2.45, 2.75) is 19.1 Å². The molecule has 1 fully saturated rings. The molecule has 0 unspecified atom stereocenters. The number of methoxy groups -OCH3 is 2. The zero-order valence-corrected chi connectivity index (χ0v) is 20.7. The van der Waals surface area contributed by atoms with Crippen LogP contribution in [0.15, 0.2) is 60.8 Å². The Kier molecular flexibility index (Phi) is 8.17. The third kappa shape index (κ3) is 6.51. The molecule has 196 valence electrons. The first-order valence-corrected chi connectivity index (χ1v) is 11.9. The third-order valence-corrected chi connectivity index (χ3v) is 6.28. The number of aromatic nitrogens is 1. The van der Waals surface area contributed by atoms with Crippen molar-refractivity contribution in [1.29, 1.82) is 0 Å². The summed E-state index contributed by atoms with van der Waals surface area (Å²) < 4.78 is 50.6. The predicted octanol–water partition coefficient (Wildman–Crippen LogP) is 5.08. The van der Waals surface area contributed by atoms with Crippen LogP contribution >= 0.6 is 0 Å². The lowest BCUT2D eigenvalue weighted by atomic mass is 10.1. The molecule has 1 saturated heterocycles. The molecule has 2 heterocycles. The molecule has 0 spiro atoms. The van der Waals surface area contributed by atoms with Gasteiger partial charge in [-0.2, -0.15) is 13.2 Å². The van der Waals surface area contributed by atoms with Gasteiger partial charge in [0.1, 0.15) is 5.82 Å². The molecule has 1 amide bonds. The highest BCUT2D eigenvalue weighted by Crippen LogP contribution is 2.32. The Hall–Kier alpha value is -3.79. The summed E-state index contributed by atoms with van der Waals surface area (Å²) in [6.45, 7) is 2.94. The summed E-state index contributed by atoms with van der Waals surface area (Å²) >= 11 is 0. The topological polar surface area (TPSA) is 66.9 Å². The zero-order valence-electron chi connectivity index (χ0n) is 20.7. The normalized spacial score (nSPS) is 14.7. The first kappa shape index (κ1) is 26.3. The van der Waals surface area contributed by atoms with Gasteiger partial charge in [0.2, 0.25) is 0 Å². The number of anilines is 2. The molecule has 0 aliphatic carbocycles. The maximum absolute atomic E-state index is 13.4. The number of hydrogen-bond donors (Lipinski definition) is 1. The van der Waals surface area contributed by atoms with E-state index in [1.165, 1.54) is 20.3 Å². The first-order chi connectivity index (χ1) is 17.8. The summed E-state index contributed by atoms with van der Waals surface area (Å²) in [5, 5.41) is 2.82. The molecular formula is C27H29F3N4O3. The van der Waals surface area contributed by atoms with Crippen molar-refractivity contribution in [2.75, 3.05) is 50.6 Å². The van der Waals surface area contributed by atoms with Crippen LogP contribution in [0.5, 0.6) is 11.5 Å². The number of rotatable bonds is 7. The Bertz CT molecular complexity index is 1220. The largest absolute Gasteiger partial charge is 0.493 e. The monoisotopic (exact) mass is 514 g/mol. The van der Waals surface area contributed by atoms with Gasteiger partial charge in [-0.25, -0.2) is 4.98 Å². The quantitative estimate of drug-likeness (QED) is 0.474. The molecule has 0 bridgehead atoms. The van der Waals surface area contributed by atoms with E-state index in [4.69, 9.17) is 9.47 Å². The van der Waals surface area contributed by atoms with Crippen molar-refractivity contribution in [1.82, 2.24) is 9.88 Å². The van der Waals surface area contributed by atoms with Gasteiger partial charge in [0.25, 0.3) is 5.91 Å². The summed E-state index contributed by atoms with van der Waals surface area (Å²) in [5.41, 5.74) is 0.671. The number of alkyl halides is 3. The maximum atomic E-state index is 13.4. The van der Waals surface area contributed by atoms with Crippen LogP contribution in [0.3, 0.4) is 0 Å². The van der Waals surface area contributed by atoms with E-state index in [0.29, 0.717) is 42.4 Å². The van der Waals surface area contributed by atoms with Gasteiger partial charge in [0.05, 0.1) is 31.7 Å². The molecule has 0 atom stereocenters. The van der Waals surface area contributed by atoms with Crippen molar-refractivity contribution in [3.05, 3.63) is 77.5 Å². The number of hydrogen-bond acceptors (Lipinski definition) is 6. The van der Waals surface area contributed by atoms with E-state index in [-0.39, 0.29) is 18.0 Å². The van der Waals surface area contributed by atoms with Crippen LogP contribution in [-0.2, 0) is 12.7 Å². The molecule has 1 aliphatic heterocycles. The van der Waals surface area contributed by atoms with E-state index >= 15 is 0 Å². The minimum atomic E-state index is -4.37. The fourth-order valence-corrected chi connectivity index (χ4v) is 4.36. The molecule has 0 saturated carbocycles. The van der Waals surface area contributed by atoms with Crippen LogP contribution in [0.25, 0.3) is 0 Å². The second-order valence-corrected chi connectivity index (χ2v) is 8.70. The minimum absolute atomic E-state index is 0.248.